The number of allylic oxidation sites excluding steroid dienone is 1. The zero-order valence-corrected chi connectivity index (χ0v) is 16.8. The van der Waals surface area contributed by atoms with Crippen molar-refractivity contribution in [1.82, 2.24) is 10.2 Å². The van der Waals surface area contributed by atoms with Gasteiger partial charge >= 0.3 is 0 Å². The molecular formula is C22H29N3O4. The largest absolute Gasteiger partial charge is 0.353 e. The first-order chi connectivity index (χ1) is 14.0. The van der Waals surface area contributed by atoms with Crippen LogP contribution in [0.4, 0.5) is 0 Å². The minimum atomic E-state index is -0.997. The number of Topliss-reactive ketones (excluding diaryl/α,β-unsaturated/α-hetero) is 1. The van der Waals surface area contributed by atoms with Crippen LogP contribution in [0, 0.1) is 11.8 Å². The van der Waals surface area contributed by atoms with Crippen molar-refractivity contribution in [3.05, 3.63) is 11.6 Å². The first-order valence-electron chi connectivity index (χ1n) is 11.0. The standard InChI is InChI=1S/C22H29N3O4/c26-19-8-4-7-18-16(19)13-17(21(28)24-18)22(29)25-11-9-14(10-12-25)20(27)23-15-5-2-1-3-6-15/h13-15,17H,1-12H2,(H,23,27). The van der Waals surface area contributed by atoms with E-state index in [0.29, 0.717) is 62.5 Å². The smallest absolute Gasteiger partial charge is 0.262 e. The van der Waals surface area contributed by atoms with Gasteiger partial charge in [-0.1, -0.05) is 25.3 Å². The number of nitrogens with zero attached hydrogens (tertiary/aromatic N) is 2. The molecule has 1 atom stereocenters. The van der Waals surface area contributed by atoms with Crippen molar-refractivity contribution in [2.24, 2.45) is 16.8 Å². The summed E-state index contributed by atoms with van der Waals surface area (Å²) in [7, 11) is 0. The van der Waals surface area contributed by atoms with Gasteiger partial charge in [-0.15, -0.1) is 0 Å². The first kappa shape index (κ1) is 20.0. The van der Waals surface area contributed by atoms with E-state index < -0.39 is 11.8 Å². The Balaban J connectivity index is 1.33. The number of carbonyl (C=O) groups is 4. The SMILES string of the molecule is O=C1CCCC2=NC(=O)C(C(=O)N3CCC(C(=O)NC4CCCCC4)CC3)C=C12. The lowest BCUT2D eigenvalue weighted by Crippen LogP contribution is -2.48. The van der Waals surface area contributed by atoms with Crippen LogP contribution in [0.1, 0.15) is 64.2 Å². The van der Waals surface area contributed by atoms with Gasteiger partial charge < -0.3 is 10.2 Å². The molecule has 0 aromatic rings. The summed E-state index contributed by atoms with van der Waals surface area (Å²) in [6, 6.07) is 0.294. The molecule has 4 rings (SSSR count). The molecule has 29 heavy (non-hydrogen) atoms. The zero-order chi connectivity index (χ0) is 20.4. The second kappa shape index (κ2) is 8.59. The third-order valence-corrected chi connectivity index (χ3v) is 6.67. The molecule has 2 aliphatic heterocycles. The molecule has 0 bridgehead atoms. The minimum absolute atomic E-state index is 0.0293. The van der Waals surface area contributed by atoms with E-state index in [9.17, 15) is 19.2 Å². The molecule has 2 aliphatic carbocycles. The third-order valence-electron chi connectivity index (χ3n) is 6.67. The first-order valence-corrected chi connectivity index (χ1v) is 11.0. The number of likely N-dealkylation sites (tertiary alicyclic amines) is 1. The van der Waals surface area contributed by atoms with E-state index in [4.69, 9.17) is 0 Å². The van der Waals surface area contributed by atoms with Crippen LogP contribution in [0.25, 0.3) is 0 Å². The van der Waals surface area contributed by atoms with Crippen molar-refractivity contribution in [3.8, 4) is 0 Å². The Morgan fingerprint density at radius 3 is 2.41 bits per heavy atom. The second-order valence-electron chi connectivity index (χ2n) is 8.67. The molecule has 1 N–H and O–H groups in total. The van der Waals surface area contributed by atoms with Gasteiger partial charge in [-0.25, -0.2) is 4.99 Å². The Bertz CT molecular complexity index is 771. The van der Waals surface area contributed by atoms with E-state index in [1.54, 1.807) is 4.90 Å². The number of amides is 3. The van der Waals surface area contributed by atoms with Crippen molar-refractivity contribution in [1.29, 1.82) is 0 Å². The van der Waals surface area contributed by atoms with Crippen molar-refractivity contribution in [2.45, 2.75) is 70.3 Å². The lowest BCUT2D eigenvalue weighted by atomic mass is 9.85. The van der Waals surface area contributed by atoms with Gasteiger partial charge in [0.25, 0.3) is 5.91 Å². The van der Waals surface area contributed by atoms with Gasteiger partial charge in [0, 0.05) is 37.0 Å². The number of fused-ring (bicyclic) bond motifs is 1. The van der Waals surface area contributed by atoms with Gasteiger partial charge in [0.1, 0.15) is 5.92 Å². The minimum Gasteiger partial charge on any atom is -0.353 e. The zero-order valence-electron chi connectivity index (χ0n) is 16.8. The number of carbonyl (C=O) groups excluding carboxylic acids is 4. The maximum atomic E-state index is 12.9. The molecule has 3 fully saturated rings. The maximum Gasteiger partial charge on any atom is 0.262 e. The lowest BCUT2D eigenvalue weighted by molar-refractivity contribution is -0.141. The van der Waals surface area contributed by atoms with Crippen LogP contribution in [0.2, 0.25) is 0 Å². The monoisotopic (exact) mass is 399 g/mol. The molecule has 1 saturated heterocycles. The van der Waals surface area contributed by atoms with Gasteiger partial charge in [-0.2, -0.15) is 0 Å². The molecule has 0 spiro atoms. The predicted molar refractivity (Wildman–Crippen MR) is 107 cm³/mol. The Kier molecular flexibility index (Phi) is 5.92. The second-order valence-corrected chi connectivity index (χ2v) is 8.67. The van der Waals surface area contributed by atoms with Crippen LogP contribution >= 0.6 is 0 Å². The average molecular weight is 399 g/mol. The van der Waals surface area contributed by atoms with Gasteiger partial charge in [-0.05, 0) is 38.5 Å². The molecule has 2 heterocycles. The Labute approximate surface area is 171 Å². The summed E-state index contributed by atoms with van der Waals surface area (Å²) in [5.41, 5.74) is 0.990. The molecule has 156 valence electrons. The van der Waals surface area contributed by atoms with E-state index >= 15 is 0 Å². The molecular weight excluding hydrogens is 370 g/mol. The molecule has 3 amide bonds. The number of hydrogen-bond acceptors (Lipinski definition) is 4. The normalized spacial score (nSPS) is 26.5. The van der Waals surface area contributed by atoms with Gasteiger partial charge in [0.15, 0.2) is 5.78 Å². The van der Waals surface area contributed by atoms with Crippen molar-refractivity contribution < 1.29 is 19.2 Å². The summed E-state index contributed by atoms with van der Waals surface area (Å²) >= 11 is 0. The average Bonchev–Trinajstić information content (AvgIpc) is 2.74. The number of rotatable bonds is 3. The van der Waals surface area contributed by atoms with Gasteiger partial charge in [0.2, 0.25) is 11.8 Å². The topological polar surface area (TPSA) is 95.9 Å². The van der Waals surface area contributed by atoms with E-state index in [1.165, 1.54) is 25.3 Å². The van der Waals surface area contributed by atoms with Crippen molar-refractivity contribution in [2.75, 3.05) is 13.1 Å². The summed E-state index contributed by atoms with van der Waals surface area (Å²) in [5, 5.41) is 3.18. The van der Waals surface area contributed by atoms with Crippen molar-refractivity contribution >= 4 is 29.2 Å². The fourth-order valence-electron chi connectivity index (χ4n) is 4.89. The summed E-state index contributed by atoms with van der Waals surface area (Å²) in [6.07, 6.45) is 10.2. The molecule has 0 aromatic heterocycles. The molecule has 7 heteroatoms. The summed E-state index contributed by atoms with van der Waals surface area (Å²) < 4.78 is 0. The molecule has 1 unspecified atom stereocenters. The Morgan fingerprint density at radius 1 is 0.966 bits per heavy atom. The third kappa shape index (κ3) is 4.33. The van der Waals surface area contributed by atoms with E-state index in [0.717, 1.165) is 12.8 Å². The highest BCUT2D eigenvalue weighted by Crippen LogP contribution is 2.27. The van der Waals surface area contributed by atoms with Crippen LogP contribution in [-0.2, 0) is 19.2 Å². The highest BCUT2D eigenvalue weighted by molar-refractivity contribution is 6.28. The number of nitrogens with one attached hydrogen (secondary N) is 1. The van der Waals surface area contributed by atoms with Crippen LogP contribution in [0.3, 0.4) is 0 Å². The number of ketones is 1. The van der Waals surface area contributed by atoms with Gasteiger partial charge in [0.05, 0.1) is 5.71 Å². The molecule has 2 saturated carbocycles. The summed E-state index contributed by atoms with van der Waals surface area (Å²) in [4.78, 5) is 55.7. The molecule has 7 nitrogen and oxygen atoms in total. The summed E-state index contributed by atoms with van der Waals surface area (Å²) in [6.45, 7) is 0.915. The Morgan fingerprint density at radius 2 is 1.69 bits per heavy atom. The maximum absolute atomic E-state index is 12.9. The molecule has 4 aliphatic rings. The Hall–Kier alpha value is -2.31. The summed E-state index contributed by atoms with van der Waals surface area (Å²) in [5.74, 6) is -1.77. The number of dihydropyridines is 1. The molecule has 0 radical (unpaired) electrons. The number of piperidine rings is 1. The molecule has 0 aromatic carbocycles. The van der Waals surface area contributed by atoms with E-state index in [-0.39, 0.29) is 23.5 Å². The van der Waals surface area contributed by atoms with Crippen LogP contribution < -0.4 is 5.32 Å². The van der Waals surface area contributed by atoms with E-state index in [2.05, 4.69) is 10.3 Å². The highest BCUT2D eigenvalue weighted by atomic mass is 16.2. The van der Waals surface area contributed by atoms with Gasteiger partial charge in [-0.3, -0.25) is 19.2 Å². The van der Waals surface area contributed by atoms with Crippen LogP contribution in [-0.4, -0.2) is 53.2 Å². The number of hydrogen-bond donors (Lipinski definition) is 1. The van der Waals surface area contributed by atoms with Crippen LogP contribution in [0.5, 0.6) is 0 Å². The fraction of sp³-hybridized carbons (Fsp3) is 0.682. The quantitative estimate of drug-likeness (QED) is 0.734. The van der Waals surface area contributed by atoms with E-state index in [1.807, 2.05) is 0 Å². The van der Waals surface area contributed by atoms with Crippen LogP contribution in [0.15, 0.2) is 16.6 Å². The lowest BCUT2D eigenvalue weighted by Gasteiger charge is -2.34. The predicted octanol–water partition coefficient (Wildman–Crippen LogP) is 1.95. The fourth-order valence-corrected chi connectivity index (χ4v) is 4.89. The van der Waals surface area contributed by atoms with Crippen molar-refractivity contribution in [3.63, 3.8) is 0 Å². The highest BCUT2D eigenvalue weighted by Gasteiger charge is 2.37. The number of aliphatic imine (C=N–C) groups is 1.